The van der Waals surface area contributed by atoms with Crippen molar-refractivity contribution in [1.82, 2.24) is 13.9 Å². The number of ether oxygens (including phenoxy) is 1. The number of nitrogens with zero attached hydrogens (tertiary/aromatic N) is 5. The minimum atomic E-state index is -3.89. The zero-order valence-electron chi connectivity index (χ0n) is 19.2. The van der Waals surface area contributed by atoms with Crippen LogP contribution in [0.15, 0.2) is 33.0 Å². The van der Waals surface area contributed by atoms with E-state index in [2.05, 4.69) is 9.89 Å². The number of hydrogen-bond donors (Lipinski definition) is 0. The smallest absolute Gasteiger partial charge is 0.248 e. The molecular weight excluding hydrogens is 462 g/mol. The van der Waals surface area contributed by atoms with E-state index in [1.165, 1.54) is 10.5 Å². The second kappa shape index (κ2) is 10.5. The lowest BCUT2D eigenvalue weighted by atomic mass is 10.2. The van der Waals surface area contributed by atoms with Crippen LogP contribution in [0.25, 0.3) is 11.0 Å². The molecule has 2 fully saturated rings. The van der Waals surface area contributed by atoms with E-state index in [0.29, 0.717) is 49.0 Å². The van der Waals surface area contributed by atoms with Gasteiger partial charge in [-0.3, -0.25) is 14.4 Å². The zero-order chi connectivity index (χ0) is 23.4. The standard InChI is InChI=1S/C20H25N5O4S2.C2H6/c26-18-15-4-5-17(23-9-11-29-12-10-23)22-19(15)25(20-21-6-13-30-20)14-16(18)31(27,28)24-7-2-1-3-8-24;1-2/h4-5,14H,1-3,6-13H2;1-2H3. The van der Waals surface area contributed by atoms with Gasteiger partial charge in [0.1, 0.15) is 10.7 Å². The molecule has 0 atom stereocenters. The number of piperidine rings is 1. The first-order chi connectivity index (χ1) is 16.1. The van der Waals surface area contributed by atoms with E-state index >= 15 is 0 Å². The van der Waals surface area contributed by atoms with Crippen molar-refractivity contribution in [3.05, 3.63) is 28.6 Å². The lowest BCUT2D eigenvalue weighted by Gasteiger charge is -2.28. The van der Waals surface area contributed by atoms with Crippen LogP contribution in [-0.4, -0.2) is 79.1 Å². The second-order valence-electron chi connectivity index (χ2n) is 7.81. The molecule has 0 N–H and O–H groups in total. The van der Waals surface area contributed by atoms with Crippen molar-refractivity contribution in [3.8, 4) is 0 Å². The van der Waals surface area contributed by atoms with Crippen molar-refractivity contribution in [2.24, 2.45) is 4.99 Å². The molecule has 3 aliphatic rings. The Hall–Kier alpha value is -1.95. The van der Waals surface area contributed by atoms with Gasteiger partial charge < -0.3 is 9.64 Å². The third kappa shape index (κ3) is 4.82. The number of thioether (sulfide) groups is 1. The number of anilines is 1. The molecule has 33 heavy (non-hydrogen) atoms. The molecule has 180 valence electrons. The third-order valence-electron chi connectivity index (χ3n) is 5.85. The fraction of sp³-hybridized carbons (Fsp3) is 0.591. The SMILES string of the molecule is CC.O=c1c(S(=O)(=O)N2CCCCC2)cn(C2=NCCS2)c2nc(N3CCOCC3)ccc12. The van der Waals surface area contributed by atoms with Gasteiger partial charge in [-0.15, -0.1) is 0 Å². The van der Waals surface area contributed by atoms with Gasteiger partial charge >= 0.3 is 0 Å². The number of rotatable bonds is 3. The van der Waals surface area contributed by atoms with Gasteiger partial charge in [0, 0.05) is 38.1 Å². The molecule has 5 rings (SSSR count). The summed E-state index contributed by atoms with van der Waals surface area (Å²) < 4.78 is 35.3. The molecular formula is C22H31N5O4S2. The molecule has 0 radical (unpaired) electrons. The Bertz CT molecular complexity index is 1180. The average molecular weight is 494 g/mol. The molecule has 0 unspecified atom stereocenters. The minimum absolute atomic E-state index is 0.196. The number of aromatic nitrogens is 2. The first kappa shape index (κ1) is 24.2. The summed E-state index contributed by atoms with van der Waals surface area (Å²) in [5.41, 5.74) is -0.0545. The van der Waals surface area contributed by atoms with E-state index in [1.54, 1.807) is 28.5 Å². The van der Waals surface area contributed by atoms with Gasteiger partial charge in [0.2, 0.25) is 15.5 Å². The lowest BCUT2D eigenvalue weighted by Crippen LogP contribution is -2.38. The summed E-state index contributed by atoms with van der Waals surface area (Å²) in [6.07, 6.45) is 4.07. The maximum absolute atomic E-state index is 13.4. The highest BCUT2D eigenvalue weighted by Crippen LogP contribution is 2.25. The summed E-state index contributed by atoms with van der Waals surface area (Å²) >= 11 is 1.54. The summed E-state index contributed by atoms with van der Waals surface area (Å²) in [7, 11) is -3.89. The Balaban J connectivity index is 0.00000126. The largest absolute Gasteiger partial charge is 0.378 e. The van der Waals surface area contributed by atoms with Gasteiger partial charge in [0.05, 0.1) is 25.1 Å². The fourth-order valence-electron chi connectivity index (χ4n) is 4.18. The molecule has 2 aromatic heterocycles. The van der Waals surface area contributed by atoms with Crippen LogP contribution in [0.1, 0.15) is 33.1 Å². The molecule has 2 aromatic rings. The van der Waals surface area contributed by atoms with Crippen LogP contribution in [0.4, 0.5) is 5.82 Å². The predicted octanol–water partition coefficient (Wildman–Crippen LogP) is 2.38. The highest BCUT2D eigenvalue weighted by Gasteiger charge is 2.31. The van der Waals surface area contributed by atoms with Crippen LogP contribution >= 0.6 is 11.8 Å². The fourth-order valence-corrected chi connectivity index (χ4v) is 6.61. The number of hydrogen-bond acceptors (Lipinski definition) is 8. The van der Waals surface area contributed by atoms with Crippen LogP contribution < -0.4 is 10.3 Å². The number of morpholine rings is 1. The molecule has 0 aromatic carbocycles. The Morgan fingerprint density at radius 2 is 1.76 bits per heavy atom. The molecule has 0 aliphatic carbocycles. The Labute approximate surface area is 198 Å². The van der Waals surface area contributed by atoms with Crippen molar-refractivity contribution in [2.45, 2.75) is 38.0 Å². The molecule has 2 saturated heterocycles. The maximum atomic E-state index is 13.4. The van der Waals surface area contributed by atoms with E-state index in [1.807, 2.05) is 13.8 Å². The summed E-state index contributed by atoms with van der Waals surface area (Å²) in [5.74, 6) is 1.57. The van der Waals surface area contributed by atoms with E-state index in [0.717, 1.165) is 43.9 Å². The first-order valence-electron chi connectivity index (χ1n) is 11.6. The molecule has 0 bridgehead atoms. The van der Waals surface area contributed by atoms with Crippen LogP contribution in [-0.2, 0) is 14.8 Å². The van der Waals surface area contributed by atoms with E-state index in [9.17, 15) is 13.2 Å². The van der Waals surface area contributed by atoms with Crippen molar-refractivity contribution < 1.29 is 13.2 Å². The van der Waals surface area contributed by atoms with E-state index in [4.69, 9.17) is 9.72 Å². The van der Waals surface area contributed by atoms with Gasteiger partial charge in [-0.2, -0.15) is 4.31 Å². The minimum Gasteiger partial charge on any atom is -0.378 e. The highest BCUT2D eigenvalue weighted by molar-refractivity contribution is 8.14. The maximum Gasteiger partial charge on any atom is 0.248 e. The highest BCUT2D eigenvalue weighted by atomic mass is 32.2. The lowest BCUT2D eigenvalue weighted by molar-refractivity contribution is 0.122. The predicted molar refractivity (Wildman–Crippen MR) is 133 cm³/mol. The third-order valence-corrected chi connectivity index (χ3v) is 8.71. The zero-order valence-corrected chi connectivity index (χ0v) is 20.8. The normalized spacial score (nSPS) is 19.8. The summed E-state index contributed by atoms with van der Waals surface area (Å²) in [6, 6.07) is 3.49. The number of fused-ring (bicyclic) bond motifs is 1. The molecule has 3 aliphatic heterocycles. The Morgan fingerprint density at radius 3 is 2.42 bits per heavy atom. The number of sulfonamides is 1. The van der Waals surface area contributed by atoms with Crippen LogP contribution in [0.3, 0.4) is 0 Å². The first-order valence-corrected chi connectivity index (χ1v) is 14.1. The van der Waals surface area contributed by atoms with E-state index < -0.39 is 15.5 Å². The summed E-state index contributed by atoms with van der Waals surface area (Å²) in [6.45, 7) is 8.25. The Morgan fingerprint density at radius 1 is 1.03 bits per heavy atom. The van der Waals surface area contributed by atoms with Crippen LogP contribution in [0.2, 0.25) is 0 Å². The molecule has 11 heteroatoms. The molecule has 0 saturated carbocycles. The van der Waals surface area contributed by atoms with Gasteiger partial charge in [-0.1, -0.05) is 32.0 Å². The van der Waals surface area contributed by atoms with E-state index in [-0.39, 0.29) is 4.90 Å². The van der Waals surface area contributed by atoms with Gasteiger partial charge in [0.25, 0.3) is 0 Å². The monoisotopic (exact) mass is 493 g/mol. The summed E-state index contributed by atoms with van der Waals surface area (Å²) in [4.78, 5) is 24.5. The van der Waals surface area contributed by atoms with Gasteiger partial charge in [-0.25, -0.2) is 13.4 Å². The Kier molecular flexibility index (Phi) is 7.72. The molecule has 9 nitrogen and oxygen atoms in total. The molecule has 0 spiro atoms. The van der Waals surface area contributed by atoms with Crippen molar-refractivity contribution in [2.75, 3.05) is 56.6 Å². The van der Waals surface area contributed by atoms with Crippen LogP contribution in [0.5, 0.6) is 0 Å². The number of pyridine rings is 2. The van der Waals surface area contributed by atoms with Gasteiger partial charge in [-0.05, 0) is 25.0 Å². The van der Waals surface area contributed by atoms with Crippen LogP contribution in [0, 0.1) is 0 Å². The quantitative estimate of drug-likeness (QED) is 0.648. The number of aliphatic imine (C=N–C) groups is 1. The second-order valence-corrected chi connectivity index (χ2v) is 10.8. The van der Waals surface area contributed by atoms with Gasteiger partial charge in [0.15, 0.2) is 10.8 Å². The van der Waals surface area contributed by atoms with Crippen molar-refractivity contribution >= 4 is 43.8 Å². The topological polar surface area (TPSA) is 97.1 Å². The van der Waals surface area contributed by atoms with Crippen molar-refractivity contribution in [1.29, 1.82) is 0 Å². The summed E-state index contributed by atoms with van der Waals surface area (Å²) in [5, 5.41) is 0.969. The molecule has 5 heterocycles. The average Bonchev–Trinajstić information content (AvgIpc) is 3.41. The van der Waals surface area contributed by atoms with Crippen molar-refractivity contribution in [3.63, 3.8) is 0 Å². The molecule has 0 amide bonds.